The molecule has 2 N–H and O–H groups in total. The number of aromatic nitrogens is 2. The minimum absolute atomic E-state index is 0.0369. The number of rotatable bonds is 8. The Bertz CT molecular complexity index is 1460. The summed E-state index contributed by atoms with van der Waals surface area (Å²) in [6.07, 6.45) is 3.02. The van der Waals surface area contributed by atoms with Gasteiger partial charge in [-0.15, -0.1) is 0 Å². The van der Waals surface area contributed by atoms with Crippen molar-refractivity contribution in [3.63, 3.8) is 0 Å². The van der Waals surface area contributed by atoms with Crippen LogP contribution in [0.15, 0.2) is 91.1 Å². The Labute approximate surface area is 215 Å². The second-order valence-electron chi connectivity index (χ2n) is 9.26. The van der Waals surface area contributed by atoms with E-state index in [9.17, 15) is 9.59 Å². The van der Waals surface area contributed by atoms with Gasteiger partial charge in [0.05, 0.1) is 24.2 Å². The van der Waals surface area contributed by atoms with E-state index in [1.807, 2.05) is 96.7 Å². The second-order valence-corrected chi connectivity index (χ2v) is 9.26. The van der Waals surface area contributed by atoms with Crippen molar-refractivity contribution in [2.24, 2.45) is 0 Å². The first-order valence-corrected chi connectivity index (χ1v) is 12.4. The second kappa shape index (κ2) is 10.6. The lowest BCUT2D eigenvalue weighted by molar-refractivity contribution is -0.506. The van der Waals surface area contributed by atoms with Crippen LogP contribution in [-0.4, -0.2) is 37.2 Å². The highest BCUT2D eigenvalue weighted by Crippen LogP contribution is 2.33. The maximum Gasteiger partial charge on any atom is 0.414 e. The van der Waals surface area contributed by atoms with Gasteiger partial charge in [-0.3, -0.25) is 4.79 Å². The van der Waals surface area contributed by atoms with Crippen LogP contribution in [0.4, 0.5) is 0 Å². The van der Waals surface area contributed by atoms with Gasteiger partial charge in [-0.2, -0.15) is 10.5 Å². The number of aryl methyl sites for hydroxylation is 1. The zero-order valence-electron chi connectivity index (χ0n) is 20.7. The molecule has 1 atom stereocenters. The van der Waals surface area contributed by atoms with Gasteiger partial charge in [0, 0.05) is 29.3 Å². The van der Waals surface area contributed by atoms with Crippen molar-refractivity contribution in [3.8, 4) is 16.9 Å². The number of carbonyl (C=O) groups excluding carboxylic acids is 1. The van der Waals surface area contributed by atoms with Gasteiger partial charge < -0.3 is 5.11 Å². The van der Waals surface area contributed by atoms with Crippen molar-refractivity contribution >= 4 is 17.6 Å². The molecule has 0 aliphatic carbocycles. The molecule has 0 bridgehead atoms. The molecule has 2 heterocycles. The highest BCUT2D eigenvalue weighted by atomic mass is 16.4. The van der Waals surface area contributed by atoms with Crippen LogP contribution < -0.4 is 5.43 Å². The summed E-state index contributed by atoms with van der Waals surface area (Å²) in [4.78, 5) is 24.3. The molecule has 4 aromatic rings. The molecule has 1 amide bonds. The standard InChI is InChI=1S/C30H28N4O3/c1-21-10-8-13-23(18-21)27-19-26(31-34(27)28(35)16-9-17-29(36)37)25-20-33(24-14-6-3-7-15-24)32-30(25)22-11-4-2-5-12-22/h2-8,10-15,18,20,26,31H,9,16-17,19H2,1H3/p+1/t26-/m1/s1. The fourth-order valence-electron chi connectivity index (χ4n) is 4.72. The molecule has 0 saturated carbocycles. The molecular weight excluding hydrogens is 464 g/mol. The van der Waals surface area contributed by atoms with E-state index < -0.39 is 5.97 Å². The summed E-state index contributed by atoms with van der Waals surface area (Å²) in [5.74, 6) is -1.04. The molecule has 186 valence electrons. The Morgan fingerprint density at radius 3 is 2.38 bits per heavy atom. The average Bonchev–Trinajstić information content (AvgIpc) is 3.55. The minimum atomic E-state index is -0.899. The number of nitrogens with one attached hydrogen (secondary N) is 1. The number of hydrogen-bond acceptors (Lipinski definition) is 4. The Morgan fingerprint density at radius 1 is 0.973 bits per heavy atom. The minimum Gasteiger partial charge on any atom is -0.481 e. The first kappa shape index (κ1) is 24.2. The lowest BCUT2D eigenvalue weighted by Crippen LogP contribution is -2.34. The SMILES string of the molecule is Cc1cccc(C2=[N+](C(=O)CCCC(=O)O)N[C@@H](c3cn(-c4ccccc4)nc3-c3ccccc3)C2)c1. The number of aliphatic carboxylic acids is 1. The summed E-state index contributed by atoms with van der Waals surface area (Å²) >= 11 is 0. The van der Waals surface area contributed by atoms with Gasteiger partial charge in [-0.05, 0) is 42.3 Å². The monoisotopic (exact) mass is 493 g/mol. The summed E-state index contributed by atoms with van der Waals surface area (Å²) in [5.41, 5.74) is 10.2. The van der Waals surface area contributed by atoms with Crippen molar-refractivity contribution in [3.05, 3.63) is 108 Å². The van der Waals surface area contributed by atoms with Gasteiger partial charge in [0.1, 0.15) is 6.04 Å². The third-order valence-electron chi connectivity index (χ3n) is 6.52. The highest BCUT2D eigenvalue weighted by molar-refractivity contribution is 6.00. The van der Waals surface area contributed by atoms with Gasteiger partial charge in [0.25, 0.3) is 0 Å². The molecule has 3 aromatic carbocycles. The van der Waals surface area contributed by atoms with Gasteiger partial charge in [-0.25, -0.2) is 9.48 Å². The molecule has 1 aliphatic heterocycles. The van der Waals surface area contributed by atoms with E-state index in [1.165, 1.54) is 0 Å². The molecule has 37 heavy (non-hydrogen) atoms. The summed E-state index contributed by atoms with van der Waals surface area (Å²) < 4.78 is 3.50. The molecule has 0 saturated heterocycles. The number of hydrazone groups is 1. The van der Waals surface area contributed by atoms with E-state index >= 15 is 0 Å². The molecule has 0 fully saturated rings. The van der Waals surface area contributed by atoms with Gasteiger partial charge in [-0.1, -0.05) is 66.2 Å². The lowest BCUT2D eigenvalue weighted by Gasteiger charge is -2.08. The molecule has 0 radical (unpaired) electrons. The van der Waals surface area contributed by atoms with Crippen molar-refractivity contribution in [2.75, 3.05) is 0 Å². The number of amides is 1. The van der Waals surface area contributed by atoms with Crippen LogP contribution in [0.3, 0.4) is 0 Å². The molecule has 7 nitrogen and oxygen atoms in total. The summed E-state index contributed by atoms with van der Waals surface area (Å²) in [7, 11) is 0. The molecule has 0 unspecified atom stereocenters. The number of para-hydroxylation sites is 1. The zero-order chi connectivity index (χ0) is 25.8. The zero-order valence-corrected chi connectivity index (χ0v) is 20.7. The van der Waals surface area contributed by atoms with E-state index in [0.717, 1.165) is 39.3 Å². The van der Waals surface area contributed by atoms with Crippen LogP contribution in [0.1, 0.15) is 48.4 Å². The van der Waals surface area contributed by atoms with Crippen molar-refractivity contribution in [1.29, 1.82) is 0 Å². The Kier molecular flexibility index (Phi) is 6.94. The van der Waals surface area contributed by atoms with Crippen LogP contribution in [-0.2, 0) is 9.59 Å². The molecule has 7 heteroatoms. The fourth-order valence-corrected chi connectivity index (χ4v) is 4.72. The van der Waals surface area contributed by atoms with E-state index in [4.69, 9.17) is 10.2 Å². The first-order chi connectivity index (χ1) is 18.0. The normalized spacial score (nSPS) is 15.0. The van der Waals surface area contributed by atoms with Gasteiger partial charge >= 0.3 is 11.9 Å². The summed E-state index contributed by atoms with van der Waals surface area (Å²) in [6.45, 7) is 2.03. The van der Waals surface area contributed by atoms with E-state index in [2.05, 4.69) is 11.5 Å². The number of hydrazine groups is 1. The molecule has 1 aliphatic rings. The third-order valence-corrected chi connectivity index (χ3v) is 6.52. The predicted molar refractivity (Wildman–Crippen MR) is 142 cm³/mol. The highest BCUT2D eigenvalue weighted by Gasteiger charge is 2.39. The molecule has 5 rings (SSSR count). The molecular formula is C30H29N4O3+. The number of benzene rings is 3. The maximum atomic E-state index is 13.3. The van der Waals surface area contributed by atoms with Crippen molar-refractivity contribution < 1.29 is 19.4 Å². The molecule has 1 aromatic heterocycles. The number of carbonyl (C=O) groups is 2. The Hall–Kier alpha value is -4.52. The smallest absolute Gasteiger partial charge is 0.414 e. The fraction of sp³-hybridized carbons (Fsp3) is 0.200. The maximum absolute atomic E-state index is 13.3. The predicted octanol–water partition coefficient (Wildman–Crippen LogP) is 5.08. The van der Waals surface area contributed by atoms with Crippen LogP contribution in [0.25, 0.3) is 16.9 Å². The Balaban J connectivity index is 1.54. The number of hydrogen-bond donors (Lipinski definition) is 2. The molecule has 0 spiro atoms. The quantitative estimate of drug-likeness (QED) is 0.334. The Morgan fingerprint density at radius 2 is 1.68 bits per heavy atom. The van der Waals surface area contributed by atoms with E-state index in [-0.39, 0.29) is 24.8 Å². The average molecular weight is 494 g/mol. The summed E-state index contributed by atoms with van der Waals surface area (Å²) in [6, 6.07) is 27.9. The third kappa shape index (κ3) is 5.35. The van der Waals surface area contributed by atoms with Crippen molar-refractivity contribution in [2.45, 2.75) is 38.6 Å². The number of carboxylic acids is 1. The van der Waals surface area contributed by atoms with E-state index in [0.29, 0.717) is 12.8 Å². The topological polar surface area (TPSA) is 87.2 Å². The van der Waals surface area contributed by atoms with Gasteiger partial charge in [0.2, 0.25) is 5.71 Å². The van der Waals surface area contributed by atoms with Gasteiger partial charge in [0.15, 0.2) is 0 Å². The van der Waals surface area contributed by atoms with Crippen LogP contribution in [0.2, 0.25) is 0 Å². The first-order valence-electron chi connectivity index (χ1n) is 12.4. The number of nitrogens with zero attached hydrogens (tertiary/aromatic N) is 3. The largest absolute Gasteiger partial charge is 0.481 e. The van der Waals surface area contributed by atoms with Crippen molar-refractivity contribution in [1.82, 2.24) is 15.2 Å². The van der Waals surface area contributed by atoms with E-state index in [1.54, 1.807) is 4.68 Å². The van der Waals surface area contributed by atoms with Crippen LogP contribution in [0.5, 0.6) is 0 Å². The lowest BCUT2D eigenvalue weighted by atomic mass is 9.96. The van der Waals surface area contributed by atoms with Crippen LogP contribution >= 0.6 is 0 Å². The summed E-state index contributed by atoms with van der Waals surface area (Å²) in [5, 5.41) is 14.0. The van der Waals surface area contributed by atoms with Crippen LogP contribution in [0, 0.1) is 6.92 Å². The number of carboxylic acid groups (broad SMARTS) is 1.